The van der Waals surface area contributed by atoms with Crippen LogP contribution in [0.4, 0.5) is 0 Å². The first-order chi connectivity index (χ1) is 6.29. The van der Waals surface area contributed by atoms with Gasteiger partial charge in [0.15, 0.2) is 5.05 Å². The van der Waals surface area contributed by atoms with Crippen LogP contribution in [0.3, 0.4) is 0 Å². The predicted octanol–water partition coefficient (Wildman–Crippen LogP) is 1.75. The van der Waals surface area contributed by atoms with Crippen molar-refractivity contribution in [2.45, 2.75) is 20.3 Å². The van der Waals surface area contributed by atoms with E-state index in [2.05, 4.69) is 9.97 Å². The lowest BCUT2D eigenvalue weighted by Crippen LogP contribution is -2.08. The average molecular weight is 196 g/mol. The summed E-state index contributed by atoms with van der Waals surface area (Å²) >= 11 is 5.07. The lowest BCUT2D eigenvalue weighted by Gasteiger charge is -2.07. The van der Waals surface area contributed by atoms with Gasteiger partial charge in [-0.25, -0.2) is 9.97 Å². The van der Waals surface area contributed by atoms with Crippen molar-refractivity contribution >= 4 is 17.3 Å². The van der Waals surface area contributed by atoms with Crippen molar-refractivity contribution in [1.29, 1.82) is 0 Å². The Morgan fingerprint density at radius 1 is 1.54 bits per heavy atom. The highest BCUT2D eigenvalue weighted by Gasteiger charge is 2.07. The van der Waals surface area contributed by atoms with E-state index >= 15 is 0 Å². The van der Waals surface area contributed by atoms with Crippen LogP contribution in [0.1, 0.15) is 25.1 Å². The first-order valence-corrected chi connectivity index (χ1v) is 4.66. The van der Waals surface area contributed by atoms with Gasteiger partial charge in [-0.05, 0) is 25.6 Å². The molecule has 0 unspecified atom stereocenters. The van der Waals surface area contributed by atoms with Gasteiger partial charge < -0.3 is 4.74 Å². The van der Waals surface area contributed by atoms with Crippen LogP contribution < -0.4 is 0 Å². The summed E-state index contributed by atoms with van der Waals surface area (Å²) in [4.78, 5) is 8.04. The summed E-state index contributed by atoms with van der Waals surface area (Å²) in [5, 5.41) is 0.486. The third kappa shape index (κ3) is 2.45. The Hall–Kier alpha value is -1.03. The van der Waals surface area contributed by atoms with E-state index in [0.29, 0.717) is 11.7 Å². The van der Waals surface area contributed by atoms with E-state index in [1.807, 2.05) is 13.8 Å². The fourth-order valence-electron chi connectivity index (χ4n) is 1.02. The molecule has 0 fully saturated rings. The van der Waals surface area contributed by atoms with Crippen LogP contribution in [0.25, 0.3) is 0 Å². The van der Waals surface area contributed by atoms with Gasteiger partial charge in [0.1, 0.15) is 6.33 Å². The molecular weight excluding hydrogens is 184 g/mol. The molecule has 0 aliphatic heterocycles. The normalized spacial score (nSPS) is 9.69. The summed E-state index contributed by atoms with van der Waals surface area (Å²) in [7, 11) is 0. The number of ether oxygens (including phenoxy) is 1. The van der Waals surface area contributed by atoms with Gasteiger partial charge in [-0.2, -0.15) is 0 Å². The van der Waals surface area contributed by atoms with Crippen molar-refractivity contribution in [1.82, 2.24) is 9.97 Å². The maximum Gasteiger partial charge on any atom is 0.194 e. The van der Waals surface area contributed by atoms with Crippen molar-refractivity contribution in [2.75, 3.05) is 6.61 Å². The molecule has 1 aromatic rings. The van der Waals surface area contributed by atoms with Crippen LogP contribution in [0.15, 0.2) is 12.5 Å². The Morgan fingerprint density at radius 3 is 2.92 bits per heavy atom. The molecule has 0 saturated carbocycles. The van der Waals surface area contributed by atoms with Gasteiger partial charge in [-0.3, -0.25) is 0 Å². The van der Waals surface area contributed by atoms with Crippen LogP contribution in [0.2, 0.25) is 0 Å². The molecule has 4 heteroatoms. The summed E-state index contributed by atoms with van der Waals surface area (Å²) < 4.78 is 5.22. The molecule has 13 heavy (non-hydrogen) atoms. The average Bonchev–Trinajstić information content (AvgIpc) is 2.18. The quantitative estimate of drug-likeness (QED) is 0.690. The summed E-state index contributed by atoms with van der Waals surface area (Å²) in [5.74, 6) is 0. The monoisotopic (exact) mass is 196 g/mol. The molecule has 0 aliphatic rings. The van der Waals surface area contributed by atoms with Crippen molar-refractivity contribution < 1.29 is 4.74 Å². The Kier molecular flexibility index (Phi) is 3.76. The first kappa shape index (κ1) is 10.1. The van der Waals surface area contributed by atoms with Gasteiger partial charge in [0.05, 0.1) is 17.9 Å². The second kappa shape index (κ2) is 4.87. The molecular formula is C9H12N2OS. The van der Waals surface area contributed by atoms with Crippen LogP contribution in [0, 0.1) is 0 Å². The highest BCUT2D eigenvalue weighted by molar-refractivity contribution is 7.80. The number of aromatic nitrogens is 2. The zero-order chi connectivity index (χ0) is 9.68. The number of hydrogen-bond donors (Lipinski definition) is 0. The van der Waals surface area contributed by atoms with E-state index in [0.717, 1.165) is 17.7 Å². The molecule has 0 bridgehead atoms. The zero-order valence-corrected chi connectivity index (χ0v) is 8.60. The van der Waals surface area contributed by atoms with E-state index in [4.69, 9.17) is 17.0 Å². The molecule has 0 saturated heterocycles. The van der Waals surface area contributed by atoms with Gasteiger partial charge in [-0.15, -0.1) is 0 Å². The molecule has 0 aromatic carbocycles. The zero-order valence-electron chi connectivity index (χ0n) is 7.78. The molecule has 3 nitrogen and oxygen atoms in total. The van der Waals surface area contributed by atoms with Crippen LogP contribution in [-0.4, -0.2) is 21.6 Å². The molecule has 0 radical (unpaired) electrons. The van der Waals surface area contributed by atoms with Gasteiger partial charge in [0.2, 0.25) is 0 Å². The Balaban J connectivity index is 2.92. The highest BCUT2D eigenvalue weighted by Crippen LogP contribution is 2.07. The van der Waals surface area contributed by atoms with E-state index in [1.165, 1.54) is 6.33 Å². The van der Waals surface area contributed by atoms with Gasteiger partial charge in [0.25, 0.3) is 0 Å². The molecule has 70 valence electrons. The highest BCUT2D eigenvalue weighted by atomic mass is 32.1. The lowest BCUT2D eigenvalue weighted by molar-refractivity contribution is 0.337. The maximum absolute atomic E-state index is 5.22. The van der Waals surface area contributed by atoms with Crippen LogP contribution in [-0.2, 0) is 11.2 Å². The largest absolute Gasteiger partial charge is 0.483 e. The molecule has 0 aliphatic carbocycles. The minimum Gasteiger partial charge on any atom is -0.483 e. The minimum atomic E-state index is 0.486. The summed E-state index contributed by atoms with van der Waals surface area (Å²) in [6.07, 6.45) is 4.06. The predicted molar refractivity (Wildman–Crippen MR) is 54.7 cm³/mol. The third-order valence-corrected chi connectivity index (χ3v) is 1.96. The number of aryl methyl sites for hydroxylation is 1. The van der Waals surface area contributed by atoms with Crippen molar-refractivity contribution in [2.24, 2.45) is 0 Å². The Bertz CT molecular complexity index is 301. The van der Waals surface area contributed by atoms with Crippen molar-refractivity contribution in [3.63, 3.8) is 0 Å². The molecule has 0 N–H and O–H groups in total. The number of rotatable bonds is 3. The molecule has 0 spiro atoms. The summed E-state index contributed by atoms with van der Waals surface area (Å²) in [5.41, 5.74) is 1.77. The fourth-order valence-corrected chi connectivity index (χ4v) is 1.30. The van der Waals surface area contributed by atoms with Gasteiger partial charge in [-0.1, -0.05) is 6.92 Å². The number of hydrogen-bond acceptors (Lipinski definition) is 4. The van der Waals surface area contributed by atoms with Crippen LogP contribution in [0.5, 0.6) is 0 Å². The topological polar surface area (TPSA) is 35.0 Å². The standard InChI is InChI=1S/C9H12N2OS/c1-3-8-7(5-10-6-11-8)9(13)12-4-2/h5-6H,3-4H2,1-2H3. The van der Waals surface area contributed by atoms with Crippen LogP contribution >= 0.6 is 12.2 Å². The fraction of sp³-hybridized carbons (Fsp3) is 0.444. The van der Waals surface area contributed by atoms with E-state index < -0.39 is 0 Å². The minimum absolute atomic E-state index is 0.486. The smallest absolute Gasteiger partial charge is 0.194 e. The van der Waals surface area contributed by atoms with Gasteiger partial charge >= 0.3 is 0 Å². The van der Waals surface area contributed by atoms with E-state index in [1.54, 1.807) is 6.20 Å². The molecule has 1 heterocycles. The second-order valence-corrected chi connectivity index (χ2v) is 2.83. The van der Waals surface area contributed by atoms with Crippen molar-refractivity contribution in [3.8, 4) is 0 Å². The molecule has 0 atom stereocenters. The number of thiocarbonyl (C=S) groups is 1. The third-order valence-electron chi connectivity index (χ3n) is 1.63. The maximum atomic E-state index is 5.22. The molecule has 0 amide bonds. The summed E-state index contributed by atoms with van der Waals surface area (Å²) in [6.45, 7) is 4.51. The molecule has 1 aromatic heterocycles. The molecule has 1 rings (SSSR count). The number of nitrogens with zero attached hydrogens (tertiary/aromatic N) is 2. The van der Waals surface area contributed by atoms with E-state index in [9.17, 15) is 0 Å². The SMILES string of the molecule is CCOC(=S)c1cncnc1CC. The first-order valence-electron chi connectivity index (χ1n) is 4.25. The van der Waals surface area contributed by atoms with Crippen molar-refractivity contribution in [3.05, 3.63) is 23.8 Å². The lowest BCUT2D eigenvalue weighted by atomic mass is 10.2. The Labute approximate surface area is 83.2 Å². The van der Waals surface area contributed by atoms with E-state index in [-0.39, 0.29) is 0 Å². The Morgan fingerprint density at radius 2 is 2.31 bits per heavy atom. The summed E-state index contributed by atoms with van der Waals surface area (Å²) in [6, 6.07) is 0. The second-order valence-electron chi connectivity index (χ2n) is 2.46. The van der Waals surface area contributed by atoms with Gasteiger partial charge in [0, 0.05) is 6.20 Å².